The lowest BCUT2D eigenvalue weighted by atomic mass is 10.3. The summed E-state index contributed by atoms with van der Waals surface area (Å²) in [5, 5.41) is 8.03. The number of hydrogen-bond acceptors (Lipinski definition) is 2. The van der Waals surface area contributed by atoms with Crippen molar-refractivity contribution in [1.29, 1.82) is 0 Å². The van der Waals surface area contributed by atoms with Gasteiger partial charge in [-0.15, -0.1) is 0 Å². The first-order valence-corrected chi connectivity index (χ1v) is 2.17. The molecule has 54 valence electrons. The summed E-state index contributed by atoms with van der Waals surface area (Å²) in [6.45, 7) is 0. The van der Waals surface area contributed by atoms with Crippen LogP contribution in [0.2, 0.25) is 0 Å². The molecule has 0 bridgehead atoms. The van der Waals surface area contributed by atoms with E-state index in [-0.39, 0.29) is 6.29 Å². The molecule has 0 radical (unpaired) electrons. The first kappa shape index (κ1) is 8.42. The molecular weight excluding hydrogens is 137 g/mol. The number of alkyl halides is 3. The van der Waals surface area contributed by atoms with Gasteiger partial charge in [-0.25, -0.2) is 0 Å². The van der Waals surface area contributed by atoms with Gasteiger partial charge in [0.25, 0.3) is 0 Å². The number of carbonyl (C=O) groups is 1. The summed E-state index contributed by atoms with van der Waals surface area (Å²) in [7, 11) is 0. The molecule has 0 spiro atoms. The van der Waals surface area contributed by atoms with Gasteiger partial charge in [0, 0.05) is 6.42 Å². The predicted octanol–water partition coefficient (Wildman–Crippen LogP) is 0.499. The van der Waals surface area contributed by atoms with Crippen molar-refractivity contribution in [2.45, 2.75) is 18.7 Å². The molecule has 0 amide bonds. The second kappa shape index (κ2) is 2.82. The zero-order valence-corrected chi connectivity index (χ0v) is 4.35. The summed E-state index contributed by atoms with van der Waals surface area (Å²) in [6, 6.07) is 0. The first-order valence-electron chi connectivity index (χ1n) is 2.17. The normalized spacial score (nSPS) is 15.1. The van der Waals surface area contributed by atoms with Crippen LogP contribution in [-0.4, -0.2) is 23.7 Å². The minimum Gasteiger partial charge on any atom is -0.383 e. The van der Waals surface area contributed by atoms with E-state index in [4.69, 9.17) is 5.11 Å². The average Bonchev–Trinajstić information content (AvgIpc) is 1.64. The second-order valence-electron chi connectivity index (χ2n) is 1.46. The van der Waals surface area contributed by atoms with Crippen LogP contribution in [0.4, 0.5) is 13.2 Å². The number of halogens is 3. The Morgan fingerprint density at radius 3 is 2.11 bits per heavy atom. The van der Waals surface area contributed by atoms with Gasteiger partial charge in [-0.1, -0.05) is 0 Å². The summed E-state index contributed by atoms with van der Waals surface area (Å²) < 4.78 is 33.7. The summed E-state index contributed by atoms with van der Waals surface area (Å²) in [6.07, 6.45) is -8.03. The molecule has 0 rings (SSSR count). The van der Waals surface area contributed by atoms with Crippen molar-refractivity contribution in [2.75, 3.05) is 0 Å². The molecular formula is C4H5F3O2. The largest absolute Gasteiger partial charge is 0.414 e. The van der Waals surface area contributed by atoms with Crippen LogP contribution in [-0.2, 0) is 4.79 Å². The van der Waals surface area contributed by atoms with Crippen LogP contribution in [0.3, 0.4) is 0 Å². The van der Waals surface area contributed by atoms with Gasteiger partial charge < -0.3 is 9.90 Å². The SMILES string of the molecule is O=CCC(O)C(F)(F)F. The molecule has 1 unspecified atom stereocenters. The topological polar surface area (TPSA) is 37.3 Å². The van der Waals surface area contributed by atoms with E-state index >= 15 is 0 Å². The minimum atomic E-state index is -4.67. The summed E-state index contributed by atoms with van der Waals surface area (Å²) in [5.41, 5.74) is 0. The van der Waals surface area contributed by atoms with E-state index in [1.54, 1.807) is 0 Å². The van der Waals surface area contributed by atoms with Crippen LogP contribution in [0.15, 0.2) is 0 Å². The molecule has 1 atom stereocenters. The highest BCUT2D eigenvalue weighted by Gasteiger charge is 2.37. The van der Waals surface area contributed by atoms with Crippen molar-refractivity contribution in [2.24, 2.45) is 0 Å². The molecule has 0 fully saturated rings. The zero-order valence-electron chi connectivity index (χ0n) is 4.35. The smallest absolute Gasteiger partial charge is 0.383 e. The van der Waals surface area contributed by atoms with Crippen LogP contribution in [0.5, 0.6) is 0 Å². The molecule has 5 heteroatoms. The van der Waals surface area contributed by atoms with Gasteiger partial charge in [-0.2, -0.15) is 13.2 Å². The quantitative estimate of drug-likeness (QED) is 0.570. The Balaban J connectivity index is 3.72. The van der Waals surface area contributed by atoms with E-state index in [0.717, 1.165) is 0 Å². The monoisotopic (exact) mass is 142 g/mol. The first-order chi connectivity index (χ1) is 3.98. The van der Waals surface area contributed by atoms with Crippen LogP contribution in [0.25, 0.3) is 0 Å². The van der Waals surface area contributed by atoms with Crippen molar-refractivity contribution < 1.29 is 23.1 Å². The zero-order chi connectivity index (χ0) is 7.49. The Morgan fingerprint density at radius 2 is 2.00 bits per heavy atom. The van der Waals surface area contributed by atoms with Crippen molar-refractivity contribution in [3.05, 3.63) is 0 Å². The number of carbonyl (C=O) groups excluding carboxylic acids is 1. The third kappa shape index (κ3) is 3.07. The van der Waals surface area contributed by atoms with Crippen molar-refractivity contribution in [3.8, 4) is 0 Å². The molecule has 9 heavy (non-hydrogen) atoms. The Labute approximate surface area is 49.3 Å². The standard InChI is InChI=1S/C4H5F3O2/c5-4(6,7)3(9)1-2-8/h2-3,9H,1H2. The van der Waals surface area contributed by atoms with E-state index in [1.807, 2.05) is 0 Å². The van der Waals surface area contributed by atoms with Crippen molar-refractivity contribution in [1.82, 2.24) is 0 Å². The number of aldehydes is 1. The van der Waals surface area contributed by atoms with Gasteiger partial charge in [0.05, 0.1) is 0 Å². The maximum atomic E-state index is 11.2. The van der Waals surface area contributed by atoms with Crippen LogP contribution in [0.1, 0.15) is 6.42 Å². The fourth-order valence-corrected chi connectivity index (χ4v) is 0.225. The number of aliphatic hydroxyl groups excluding tert-OH is 1. The van der Waals surface area contributed by atoms with Crippen molar-refractivity contribution >= 4 is 6.29 Å². The summed E-state index contributed by atoms with van der Waals surface area (Å²) >= 11 is 0. The van der Waals surface area contributed by atoms with E-state index in [2.05, 4.69) is 0 Å². The maximum absolute atomic E-state index is 11.2. The fraction of sp³-hybridized carbons (Fsp3) is 0.750. The van der Waals surface area contributed by atoms with E-state index in [9.17, 15) is 18.0 Å². The molecule has 0 aliphatic heterocycles. The molecule has 0 aliphatic rings. The van der Waals surface area contributed by atoms with Gasteiger partial charge in [-0.05, 0) is 0 Å². The van der Waals surface area contributed by atoms with E-state index < -0.39 is 18.7 Å². The Hall–Kier alpha value is -0.580. The minimum absolute atomic E-state index is 0.0259. The molecule has 0 aromatic heterocycles. The molecule has 0 saturated carbocycles. The molecule has 0 aromatic rings. The van der Waals surface area contributed by atoms with Crippen molar-refractivity contribution in [3.63, 3.8) is 0 Å². The van der Waals surface area contributed by atoms with E-state index in [1.165, 1.54) is 0 Å². The van der Waals surface area contributed by atoms with Crippen LogP contribution >= 0.6 is 0 Å². The molecule has 1 N–H and O–H groups in total. The van der Waals surface area contributed by atoms with Crippen LogP contribution < -0.4 is 0 Å². The third-order valence-electron chi connectivity index (χ3n) is 0.697. The second-order valence-corrected chi connectivity index (χ2v) is 1.46. The fourth-order valence-electron chi connectivity index (χ4n) is 0.225. The molecule has 0 aromatic carbocycles. The molecule has 0 aliphatic carbocycles. The number of rotatable bonds is 2. The molecule has 0 saturated heterocycles. The maximum Gasteiger partial charge on any atom is 0.414 e. The summed E-state index contributed by atoms with van der Waals surface area (Å²) in [4.78, 5) is 9.40. The van der Waals surface area contributed by atoms with Crippen LogP contribution in [0, 0.1) is 0 Å². The number of hydrogen-bond donors (Lipinski definition) is 1. The van der Waals surface area contributed by atoms with Gasteiger partial charge in [0.15, 0.2) is 6.10 Å². The predicted molar refractivity (Wildman–Crippen MR) is 22.7 cm³/mol. The highest BCUT2D eigenvalue weighted by molar-refractivity contribution is 5.50. The Morgan fingerprint density at radius 1 is 1.56 bits per heavy atom. The Bertz CT molecular complexity index is 98.5. The number of aliphatic hydroxyl groups is 1. The highest BCUT2D eigenvalue weighted by Crippen LogP contribution is 2.20. The average molecular weight is 142 g/mol. The molecule has 2 nitrogen and oxygen atoms in total. The lowest BCUT2D eigenvalue weighted by Gasteiger charge is -2.09. The van der Waals surface area contributed by atoms with Gasteiger partial charge in [0.1, 0.15) is 6.29 Å². The summed E-state index contributed by atoms with van der Waals surface area (Å²) in [5.74, 6) is 0. The lowest BCUT2D eigenvalue weighted by Crippen LogP contribution is -2.28. The van der Waals surface area contributed by atoms with E-state index in [0.29, 0.717) is 0 Å². The van der Waals surface area contributed by atoms with Gasteiger partial charge >= 0.3 is 6.18 Å². The lowest BCUT2D eigenvalue weighted by molar-refractivity contribution is -0.204. The molecule has 0 heterocycles. The van der Waals surface area contributed by atoms with Gasteiger partial charge in [0.2, 0.25) is 0 Å². The highest BCUT2D eigenvalue weighted by atomic mass is 19.4. The third-order valence-corrected chi connectivity index (χ3v) is 0.697. The Kier molecular flexibility index (Phi) is 2.64. The van der Waals surface area contributed by atoms with Gasteiger partial charge in [-0.3, -0.25) is 0 Å².